The Morgan fingerprint density at radius 3 is 2.43 bits per heavy atom. The van der Waals surface area contributed by atoms with E-state index in [-0.39, 0.29) is 5.70 Å². The van der Waals surface area contributed by atoms with E-state index in [4.69, 9.17) is 9.47 Å². The maximum Gasteiger partial charge on any atom is 0.352 e. The van der Waals surface area contributed by atoms with Gasteiger partial charge in [0, 0.05) is 5.56 Å². The van der Waals surface area contributed by atoms with E-state index in [0.29, 0.717) is 35.8 Å². The lowest BCUT2D eigenvalue weighted by Gasteiger charge is -2.13. The van der Waals surface area contributed by atoms with Crippen molar-refractivity contribution >= 4 is 18.0 Å². The average molecular weight is 383 g/mol. The molecule has 0 radical (unpaired) electrons. The minimum atomic E-state index is -1.23. The van der Waals surface area contributed by atoms with Crippen molar-refractivity contribution in [3.63, 3.8) is 0 Å². The average Bonchev–Trinajstić information content (AvgIpc) is 2.70. The van der Waals surface area contributed by atoms with Crippen LogP contribution >= 0.6 is 0 Å². The lowest BCUT2D eigenvalue weighted by atomic mass is 10.1. The van der Waals surface area contributed by atoms with Gasteiger partial charge in [0.1, 0.15) is 5.70 Å². The molecule has 6 nitrogen and oxygen atoms in total. The van der Waals surface area contributed by atoms with Crippen LogP contribution in [0.2, 0.25) is 0 Å². The number of ether oxygens (including phenoxy) is 2. The van der Waals surface area contributed by atoms with E-state index >= 15 is 0 Å². The van der Waals surface area contributed by atoms with Crippen LogP contribution in [0.1, 0.15) is 42.6 Å². The summed E-state index contributed by atoms with van der Waals surface area (Å²) in [5.41, 5.74) is 0.734. The van der Waals surface area contributed by atoms with Gasteiger partial charge in [0.2, 0.25) is 0 Å². The van der Waals surface area contributed by atoms with Crippen molar-refractivity contribution < 1.29 is 24.2 Å². The summed E-state index contributed by atoms with van der Waals surface area (Å²) in [6.07, 6.45) is 3.34. The van der Waals surface area contributed by atoms with Crippen molar-refractivity contribution in [2.45, 2.75) is 26.7 Å². The number of carbonyl (C=O) groups is 2. The Balaban J connectivity index is 2.24. The lowest BCUT2D eigenvalue weighted by molar-refractivity contribution is -0.132. The number of amides is 1. The maximum atomic E-state index is 12.3. The molecule has 148 valence electrons. The molecule has 28 heavy (non-hydrogen) atoms. The number of benzene rings is 2. The second-order valence-electron chi connectivity index (χ2n) is 6.02. The first-order valence-corrected chi connectivity index (χ1v) is 9.26. The molecule has 6 heteroatoms. The molecule has 0 aliphatic carbocycles. The first-order chi connectivity index (χ1) is 13.5. The zero-order valence-electron chi connectivity index (χ0n) is 16.1. The first-order valence-electron chi connectivity index (χ1n) is 9.26. The topological polar surface area (TPSA) is 84.9 Å². The second kappa shape index (κ2) is 10.8. The Labute approximate surface area is 164 Å². The smallest absolute Gasteiger partial charge is 0.352 e. The molecular formula is C22H25NO5. The van der Waals surface area contributed by atoms with Gasteiger partial charge in [-0.25, -0.2) is 4.79 Å². The van der Waals surface area contributed by atoms with Crippen molar-refractivity contribution in [2.24, 2.45) is 0 Å². The van der Waals surface area contributed by atoms with Crippen molar-refractivity contribution in [3.05, 3.63) is 65.4 Å². The number of hydrogen-bond donors (Lipinski definition) is 2. The number of carboxylic acids is 1. The van der Waals surface area contributed by atoms with Gasteiger partial charge in [-0.2, -0.15) is 0 Å². The maximum absolute atomic E-state index is 12.3. The van der Waals surface area contributed by atoms with Gasteiger partial charge >= 0.3 is 5.97 Å². The van der Waals surface area contributed by atoms with Crippen molar-refractivity contribution in [1.82, 2.24) is 5.32 Å². The highest BCUT2D eigenvalue weighted by atomic mass is 16.5. The van der Waals surface area contributed by atoms with Gasteiger partial charge in [0.15, 0.2) is 11.5 Å². The van der Waals surface area contributed by atoms with Crippen molar-refractivity contribution in [1.29, 1.82) is 0 Å². The zero-order valence-corrected chi connectivity index (χ0v) is 16.1. The molecule has 0 saturated heterocycles. The number of unbranched alkanes of at least 4 members (excludes halogenated alkanes) is 1. The predicted molar refractivity (Wildman–Crippen MR) is 108 cm³/mol. The molecule has 0 fully saturated rings. The van der Waals surface area contributed by atoms with E-state index in [1.54, 1.807) is 48.5 Å². The van der Waals surface area contributed by atoms with Crippen molar-refractivity contribution in [2.75, 3.05) is 13.2 Å². The summed E-state index contributed by atoms with van der Waals surface area (Å²) < 4.78 is 11.3. The van der Waals surface area contributed by atoms with Gasteiger partial charge in [-0.3, -0.25) is 4.79 Å². The largest absolute Gasteiger partial charge is 0.490 e. The van der Waals surface area contributed by atoms with E-state index in [0.717, 1.165) is 12.8 Å². The van der Waals surface area contributed by atoms with Crippen LogP contribution in [0.15, 0.2) is 54.2 Å². The molecule has 2 aromatic carbocycles. The third-order valence-corrected chi connectivity index (χ3v) is 3.85. The third-order valence-electron chi connectivity index (χ3n) is 3.85. The van der Waals surface area contributed by atoms with Crippen LogP contribution in [-0.4, -0.2) is 30.2 Å². The standard InChI is InChI=1S/C22H25NO5/c1-3-5-13-28-19-12-11-16(15-20(19)27-4-2)14-18(22(25)26)23-21(24)17-9-7-6-8-10-17/h6-12,14-15H,3-5,13H2,1-2H3,(H,23,24)(H,25,26)/b18-14+. The van der Waals surface area contributed by atoms with Crippen LogP contribution in [0.25, 0.3) is 6.08 Å². The molecule has 2 N–H and O–H groups in total. The fraction of sp³-hybridized carbons (Fsp3) is 0.273. The minimum absolute atomic E-state index is 0.226. The fourth-order valence-electron chi connectivity index (χ4n) is 2.43. The number of hydrogen-bond acceptors (Lipinski definition) is 4. The number of rotatable bonds is 10. The summed E-state index contributed by atoms with van der Waals surface area (Å²) in [6, 6.07) is 13.6. The highest BCUT2D eigenvalue weighted by molar-refractivity contribution is 6.02. The molecule has 2 rings (SSSR count). The monoisotopic (exact) mass is 383 g/mol. The highest BCUT2D eigenvalue weighted by Crippen LogP contribution is 2.29. The Kier molecular flexibility index (Phi) is 8.09. The number of carboxylic acid groups (broad SMARTS) is 1. The molecule has 2 aromatic rings. The molecule has 0 unspecified atom stereocenters. The van der Waals surface area contributed by atoms with Gasteiger partial charge in [0.05, 0.1) is 13.2 Å². The Hall–Kier alpha value is -3.28. The molecule has 1 amide bonds. The van der Waals surface area contributed by atoms with Crippen LogP contribution < -0.4 is 14.8 Å². The minimum Gasteiger partial charge on any atom is -0.490 e. The third kappa shape index (κ3) is 6.16. The summed E-state index contributed by atoms with van der Waals surface area (Å²) >= 11 is 0. The molecule has 0 aliphatic heterocycles. The molecule has 0 aliphatic rings. The summed E-state index contributed by atoms with van der Waals surface area (Å²) in [6.45, 7) is 4.98. The zero-order chi connectivity index (χ0) is 20.4. The number of carbonyl (C=O) groups excluding carboxylic acids is 1. The van der Waals surface area contributed by atoms with Crippen LogP contribution in [0, 0.1) is 0 Å². The Morgan fingerprint density at radius 1 is 1.04 bits per heavy atom. The molecule has 0 spiro atoms. The second-order valence-corrected chi connectivity index (χ2v) is 6.02. The SMILES string of the molecule is CCCCOc1ccc(/C=C(/NC(=O)c2ccccc2)C(=O)O)cc1OCC. The molecule has 0 aromatic heterocycles. The van der Waals surface area contributed by atoms with E-state index < -0.39 is 11.9 Å². The normalized spacial score (nSPS) is 11.0. The van der Waals surface area contributed by atoms with Gasteiger partial charge in [-0.15, -0.1) is 0 Å². The van der Waals surface area contributed by atoms with Crippen LogP contribution in [0.5, 0.6) is 11.5 Å². The summed E-state index contributed by atoms with van der Waals surface area (Å²) in [4.78, 5) is 23.8. The summed E-state index contributed by atoms with van der Waals surface area (Å²) in [5.74, 6) is -0.576. The van der Waals surface area contributed by atoms with Crippen LogP contribution in [-0.2, 0) is 4.79 Å². The van der Waals surface area contributed by atoms with Gasteiger partial charge in [0.25, 0.3) is 5.91 Å². The quantitative estimate of drug-likeness (QED) is 0.476. The summed E-state index contributed by atoms with van der Waals surface area (Å²) in [5, 5.41) is 11.9. The van der Waals surface area contributed by atoms with Gasteiger partial charge in [-0.05, 0) is 49.2 Å². The Bertz CT molecular complexity index is 830. The first kappa shape index (κ1) is 21.0. The fourth-order valence-corrected chi connectivity index (χ4v) is 2.43. The van der Waals surface area contributed by atoms with Crippen LogP contribution in [0.4, 0.5) is 0 Å². The molecule has 0 saturated carbocycles. The lowest BCUT2D eigenvalue weighted by Crippen LogP contribution is -2.27. The van der Waals surface area contributed by atoms with Crippen LogP contribution in [0.3, 0.4) is 0 Å². The summed E-state index contributed by atoms with van der Waals surface area (Å²) in [7, 11) is 0. The number of nitrogens with one attached hydrogen (secondary N) is 1. The number of aliphatic carboxylic acids is 1. The van der Waals surface area contributed by atoms with E-state index in [9.17, 15) is 14.7 Å². The molecule has 0 heterocycles. The van der Waals surface area contributed by atoms with E-state index in [1.165, 1.54) is 6.08 Å². The van der Waals surface area contributed by atoms with E-state index in [2.05, 4.69) is 12.2 Å². The van der Waals surface area contributed by atoms with E-state index in [1.807, 2.05) is 6.92 Å². The highest BCUT2D eigenvalue weighted by Gasteiger charge is 2.14. The Morgan fingerprint density at radius 2 is 1.79 bits per heavy atom. The van der Waals surface area contributed by atoms with Crippen molar-refractivity contribution in [3.8, 4) is 11.5 Å². The molecule has 0 bridgehead atoms. The molecule has 0 atom stereocenters. The van der Waals surface area contributed by atoms with Gasteiger partial charge < -0.3 is 19.9 Å². The van der Waals surface area contributed by atoms with Gasteiger partial charge in [-0.1, -0.05) is 37.6 Å². The predicted octanol–water partition coefficient (Wildman–Crippen LogP) is 4.12. The molecular weight excluding hydrogens is 358 g/mol.